The number of carbonyl (C=O) groups excluding carboxylic acids is 1. The van der Waals surface area contributed by atoms with Gasteiger partial charge in [0.05, 0.1) is 6.54 Å². The molecule has 2 rings (SSSR count). The molecule has 0 bridgehead atoms. The quantitative estimate of drug-likeness (QED) is 0.688. The van der Waals surface area contributed by atoms with Crippen LogP contribution in [0.2, 0.25) is 0 Å². The zero-order valence-corrected chi connectivity index (χ0v) is 10.4. The molecule has 98 valence electrons. The third-order valence-electron chi connectivity index (χ3n) is 2.67. The Hall–Kier alpha value is -2.05. The Kier molecular flexibility index (Phi) is 3.81. The largest absolute Gasteiger partial charge is 0.370 e. The van der Waals surface area contributed by atoms with Crippen molar-refractivity contribution in [3.63, 3.8) is 0 Å². The van der Waals surface area contributed by atoms with E-state index in [0.29, 0.717) is 24.7 Å². The van der Waals surface area contributed by atoms with Crippen molar-refractivity contribution >= 4 is 23.5 Å². The van der Waals surface area contributed by atoms with Crippen LogP contribution >= 0.6 is 0 Å². The van der Waals surface area contributed by atoms with Gasteiger partial charge < -0.3 is 21.3 Å². The molecule has 1 aliphatic rings. The number of nitrogen functional groups attached to an aromatic ring is 1. The highest BCUT2D eigenvalue weighted by Crippen LogP contribution is 2.17. The average molecular weight is 250 g/mol. The second-order valence-corrected chi connectivity index (χ2v) is 4.12. The van der Waals surface area contributed by atoms with Gasteiger partial charge >= 0.3 is 0 Å². The van der Waals surface area contributed by atoms with Crippen LogP contribution in [-0.4, -0.2) is 42.1 Å². The number of hydrogen-bond donors (Lipinski definition) is 3. The maximum Gasteiger partial charge on any atom is 0.239 e. The fourth-order valence-electron chi connectivity index (χ4n) is 1.89. The summed E-state index contributed by atoms with van der Waals surface area (Å²) in [5.74, 6) is 1.60. The number of hydrogen-bond acceptors (Lipinski definition) is 6. The highest BCUT2D eigenvalue weighted by Gasteiger charge is 2.17. The molecule has 7 nitrogen and oxygen atoms in total. The summed E-state index contributed by atoms with van der Waals surface area (Å²) in [4.78, 5) is 21.7. The number of amides is 1. The van der Waals surface area contributed by atoms with Gasteiger partial charge in [-0.25, -0.2) is 0 Å². The van der Waals surface area contributed by atoms with Gasteiger partial charge in [-0.2, -0.15) is 9.97 Å². The number of nitrogens with two attached hydrogens (primary N) is 1. The maximum atomic E-state index is 11.5. The molecule has 0 unspecified atom stereocenters. The molecule has 7 heteroatoms. The van der Waals surface area contributed by atoms with Crippen LogP contribution in [0, 0.1) is 0 Å². The van der Waals surface area contributed by atoms with Crippen molar-refractivity contribution in [2.75, 3.05) is 42.1 Å². The smallest absolute Gasteiger partial charge is 0.239 e. The number of anilines is 3. The standard InChI is InChI=1S/C11H18N6O/c1-2-13-8-6-9(16-11(12)15-8)17-5-3-4-14-10(18)7-17/h6H,2-5,7H2,1H3,(H,14,18)(H3,12,13,15,16). The Morgan fingerprint density at radius 2 is 2.39 bits per heavy atom. The third kappa shape index (κ3) is 2.99. The summed E-state index contributed by atoms with van der Waals surface area (Å²) in [5.41, 5.74) is 5.68. The summed E-state index contributed by atoms with van der Waals surface area (Å²) in [7, 11) is 0. The molecule has 1 aliphatic heterocycles. The van der Waals surface area contributed by atoms with E-state index in [9.17, 15) is 4.79 Å². The molecular weight excluding hydrogens is 232 g/mol. The molecule has 1 aromatic rings. The van der Waals surface area contributed by atoms with E-state index in [2.05, 4.69) is 20.6 Å². The van der Waals surface area contributed by atoms with Gasteiger partial charge in [0.15, 0.2) is 0 Å². The monoisotopic (exact) mass is 250 g/mol. The van der Waals surface area contributed by atoms with E-state index in [4.69, 9.17) is 5.73 Å². The molecule has 18 heavy (non-hydrogen) atoms. The lowest BCUT2D eigenvalue weighted by Crippen LogP contribution is -2.33. The second kappa shape index (κ2) is 5.52. The van der Waals surface area contributed by atoms with Crippen LogP contribution in [-0.2, 0) is 4.79 Å². The number of carbonyl (C=O) groups is 1. The van der Waals surface area contributed by atoms with Gasteiger partial charge in [0, 0.05) is 25.7 Å². The first-order valence-corrected chi connectivity index (χ1v) is 6.09. The topological polar surface area (TPSA) is 96.2 Å². The lowest BCUT2D eigenvalue weighted by molar-refractivity contribution is -0.119. The zero-order chi connectivity index (χ0) is 13.0. The Bertz CT molecular complexity index is 436. The van der Waals surface area contributed by atoms with Gasteiger partial charge in [0.2, 0.25) is 11.9 Å². The Labute approximate surface area is 106 Å². The lowest BCUT2D eigenvalue weighted by Gasteiger charge is -2.20. The van der Waals surface area contributed by atoms with Crippen molar-refractivity contribution in [1.82, 2.24) is 15.3 Å². The van der Waals surface area contributed by atoms with Crippen LogP contribution in [0.5, 0.6) is 0 Å². The van der Waals surface area contributed by atoms with E-state index >= 15 is 0 Å². The minimum absolute atomic E-state index is 0.00897. The summed E-state index contributed by atoms with van der Waals surface area (Å²) in [6, 6.07) is 1.82. The van der Waals surface area contributed by atoms with Crippen LogP contribution < -0.4 is 21.3 Å². The summed E-state index contributed by atoms with van der Waals surface area (Å²) < 4.78 is 0. The van der Waals surface area contributed by atoms with Crippen molar-refractivity contribution in [3.8, 4) is 0 Å². The highest BCUT2D eigenvalue weighted by molar-refractivity contribution is 5.81. The SMILES string of the molecule is CCNc1cc(N2CCCNC(=O)C2)nc(N)n1. The normalized spacial score (nSPS) is 16.1. The number of nitrogens with zero attached hydrogens (tertiary/aromatic N) is 3. The van der Waals surface area contributed by atoms with E-state index in [0.717, 1.165) is 19.5 Å². The molecule has 2 heterocycles. The van der Waals surface area contributed by atoms with E-state index in [-0.39, 0.29) is 11.9 Å². The highest BCUT2D eigenvalue weighted by atomic mass is 16.2. The molecular formula is C11H18N6O. The summed E-state index contributed by atoms with van der Waals surface area (Å²) >= 11 is 0. The van der Waals surface area contributed by atoms with Crippen molar-refractivity contribution in [1.29, 1.82) is 0 Å². The number of aromatic nitrogens is 2. The van der Waals surface area contributed by atoms with Crippen molar-refractivity contribution in [3.05, 3.63) is 6.07 Å². The fraction of sp³-hybridized carbons (Fsp3) is 0.545. The Balaban J connectivity index is 2.22. The number of rotatable bonds is 3. The van der Waals surface area contributed by atoms with Crippen molar-refractivity contribution in [2.45, 2.75) is 13.3 Å². The first kappa shape index (κ1) is 12.4. The van der Waals surface area contributed by atoms with Crippen LogP contribution in [0.3, 0.4) is 0 Å². The van der Waals surface area contributed by atoms with Crippen LogP contribution in [0.1, 0.15) is 13.3 Å². The zero-order valence-electron chi connectivity index (χ0n) is 10.4. The van der Waals surface area contributed by atoms with Gasteiger partial charge in [-0.05, 0) is 13.3 Å². The molecule has 0 radical (unpaired) electrons. The predicted octanol–water partition coefficient (Wildman–Crippen LogP) is -0.183. The summed E-state index contributed by atoms with van der Waals surface area (Å²) in [6.45, 7) is 4.53. The van der Waals surface area contributed by atoms with Gasteiger partial charge in [-0.3, -0.25) is 4.79 Å². The van der Waals surface area contributed by atoms with Crippen LogP contribution in [0.25, 0.3) is 0 Å². The molecule has 1 aromatic heterocycles. The first-order valence-electron chi connectivity index (χ1n) is 6.09. The summed E-state index contributed by atoms with van der Waals surface area (Å²) in [6.07, 6.45) is 0.895. The molecule has 4 N–H and O–H groups in total. The first-order chi connectivity index (χ1) is 8.69. The lowest BCUT2D eigenvalue weighted by atomic mass is 10.3. The average Bonchev–Trinajstić information content (AvgIpc) is 2.53. The minimum Gasteiger partial charge on any atom is -0.370 e. The predicted molar refractivity (Wildman–Crippen MR) is 70.4 cm³/mol. The van der Waals surface area contributed by atoms with Gasteiger partial charge in [0.1, 0.15) is 11.6 Å². The molecule has 1 saturated heterocycles. The molecule has 0 saturated carbocycles. The van der Waals surface area contributed by atoms with Crippen molar-refractivity contribution in [2.24, 2.45) is 0 Å². The molecule has 0 spiro atoms. The van der Waals surface area contributed by atoms with Crippen LogP contribution in [0.15, 0.2) is 6.07 Å². The fourth-order valence-corrected chi connectivity index (χ4v) is 1.89. The van der Waals surface area contributed by atoms with Crippen molar-refractivity contribution < 1.29 is 4.79 Å². The second-order valence-electron chi connectivity index (χ2n) is 4.12. The third-order valence-corrected chi connectivity index (χ3v) is 2.67. The van der Waals surface area contributed by atoms with E-state index in [1.54, 1.807) is 0 Å². The van der Waals surface area contributed by atoms with E-state index in [1.807, 2.05) is 17.9 Å². The molecule has 0 atom stereocenters. The van der Waals surface area contributed by atoms with Gasteiger partial charge in [0.25, 0.3) is 0 Å². The van der Waals surface area contributed by atoms with Gasteiger partial charge in [-0.15, -0.1) is 0 Å². The molecule has 1 amide bonds. The van der Waals surface area contributed by atoms with E-state index in [1.165, 1.54) is 0 Å². The van der Waals surface area contributed by atoms with E-state index < -0.39 is 0 Å². The maximum absolute atomic E-state index is 11.5. The minimum atomic E-state index is 0.00897. The Morgan fingerprint density at radius 3 is 3.17 bits per heavy atom. The van der Waals surface area contributed by atoms with Crippen LogP contribution in [0.4, 0.5) is 17.6 Å². The number of nitrogens with one attached hydrogen (secondary N) is 2. The molecule has 0 aliphatic carbocycles. The Morgan fingerprint density at radius 1 is 1.56 bits per heavy atom. The van der Waals surface area contributed by atoms with Gasteiger partial charge in [-0.1, -0.05) is 0 Å². The molecule has 1 fully saturated rings. The summed E-state index contributed by atoms with van der Waals surface area (Å²) in [5, 5.41) is 5.92. The molecule has 0 aromatic carbocycles.